The van der Waals surface area contributed by atoms with Crippen molar-refractivity contribution in [3.8, 4) is 11.5 Å². The molecule has 0 saturated carbocycles. The number of quaternary nitrogens is 1. The summed E-state index contributed by atoms with van der Waals surface area (Å²) in [7, 11) is 4.08. The highest BCUT2D eigenvalue weighted by Gasteiger charge is 2.42. The standard InChI is InChI=1S/C19H21NO2.BrH/c1-20-8-7-13-4-6-17(22-2)11-18(13)19(20)10-14-3-5-16(21)9-15(14)12-20;/h3-6,9,11,19H,7-8,10,12H2,1-2H3;1H. The van der Waals surface area contributed by atoms with Crippen LogP contribution >= 0.6 is 0 Å². The van der Waals surface area contributed by atoms with Gasteiger partial charge in [0.2, 0.25) is 0 Å². The predicted molar refractivity (Wildman–Crippen MR) is 86.0 cm³/mol. The van der Waals surface area contributed by atoms with Crippen LogP contribution in [0.3, 0.4) is 0 Å². The number of benzene rings is 2. The molecule has 0 saturated heterocycles. The maximum absolute atomic E-state index is 9.77. The summed E-state index contributed by atoms with van der Waals surface area (Å²) in [6.45, 7) is 2.14. The first kappa shape index (κ1) is 16.3. The predicted octanol–water partition coefficient (Wildman–Crippen LogP) is 0.205. The van der Waals surface area contributed by atoms with Gasteiger partial charge in [-0.05, 0) is 35.4 Å². The topological polar surface area (TPSA) is 29.5 Å². The van der Waals surface area contributed by atoms with Crippen molar-refractivity contribution in [2.24, 2.45) is 0 Å². The molecule has 0 fully saturated rings. The number of methoxy groups -OCH3 is 1. The van der Waals surface area contributed by atoms with Gasteiger partial charge in [0.1, 0.15) is 24.1 Å². The molecular weight excluding hydrogens is 354 g/mol. The number of nitrogens with zero attached hydrogens (tertiary/aromatic N) is 1. The molecule has 2 atom stereocenters. The number of hydrogen-bond acceptors (Lipinski definition) is 2. The Morgan fingerprint density at radius 3 is 2.65 bits per heavy atom. The molecule has 2 aromatic rings. The van der Waals surface area contributed by atoms with Crippen molar-refractivity contribution in [2.75, 3.05) is 20.7 Å². The second kappa shape index (κ2) is 5.84. The molecule has 0 radical (unpaired) electrons. The Balaban J connectivity index is 0.00000156. The van der Waals surface area contributed by atoms with E-state index >= 15 is 0 Å². The smallest absolute Gasteiger partial charge is 0.119 e. The van der Waals surface area contributed by atoms with Gasteiger partial charge in [0.25, 0.3) is 0 Å². The molecule has 2 aromatic carbocycles. The molecule has 2 unspecified atom stereocenters. The van der Waals surface area contributed by atoms with Crippen molar-refractivity contribution in [3.63, 3.8) is 0 Å². The third-order valence-electron chi connectivity index (χ3n) is 5.49. The molecule has 4 rings (SSSR count). The summed E-state index contributed by atoms with van der Waals surface area (Å²) in [6.07, 6.45) is 2.15. The van der Waals surface area contributed by atoms with Crippen LogP contribution < -0.4 is 21.7 Å². The summed E-state index contributed by atoms with van der Waals surface area (Å²) in [5, 5.41) is 9.77. The molecular formula is C19H22BrNO2. The van der Waals surface area contributed by atoms with E-state index in [0.717, 1.165) is 36.2 Å². The summed E-state index contributed by atoms with van der Waals surface area (Å²) < 4.78 is 6.46. The Morgan fingerprint density at radius 1 is 1.09 bits per heavy atom. The zero-order valence-corrected chi connectivity index (χ0v) is 15.1. The van der Waals surface area contributed by atoms with E-state index in [1.54, 1.807) is 7.11 Å². The van der Waals surface area contributed by atoms with Gasteiger partial charge in [-0.15, -0.1) is 0 Å². The molecule has 0 aromatic heterocycles. The van der Waals surface area contributed by atoms with Gasteiger partial charge in [0.15, 0.2) is 0 Å². The highest BCUT2D eigenvalue weighted by Crippen LogP contribution is 2.44. The molecule has 122 valence electrons. The lowest BCUT2D eigenvalue weighted by atomic mass is 9.82. The lowest BCUT2D eigenvalue weighted by Crippen LogP contribution is -3.00. The van der Waals surface area contributed by atoms with E-state index in [2.05, 4.69) is 31.3 Å². The molecule has 2 aliphatic heterocycles. The minimum absolute atomic E-state index is 0. The molecule has 3 nitrogen and oxygen atoms in total. The number of fused-ring (bicyclic) bond motifs is 4. The third-order valence-corrected chi connectivity index (χ3v) is 5.49. The second-order valence-electron chi connectivity index (χ2n) is 6.85. The van der Waals surface area contributed by atoms with Crippen molar-refractivity contribution in [1.82, 2.24) is 0 Å². The summed E-state index contributed by atoms with van der Waals surface area (Å²) in [4.78, 5) is 0. The number of halogens is 1. The van der Waals surface area contributed by atoms with Gasteiger partial charge in [0, 0.05) is 24.0 Å². The van der Waals surface area contributed by atoms with E-state index < -0.39 is 0 Å². The number of aromatic hydroxyl groups is 1. The quantitative estimate of drug-likeness (QED) is 0.721. The van der Waals surface area contributed by atoms with Crippen LogP contribution in [-0.2, 0) is 19.4 Å². The van der Waals surface area contributed by atoms with E-state index in [9.17, 15) is 5.11 Å². The summed E-state index contributed by atoms with van der Waals surface area (Å²) >= 11 is 0. The number of rotatable bonds is 1. The average Bonchev–Trinajstić information content (AvgIpc) is 2.52. The minimum Gasteiger partial charge on any atom is -1.00 e. The highest BCUT2D eigenvalue weighted by atomic mass is 79.9. The number of phenols is 1. The van der Waals surface area contributed by atoms with Gasteiger partial charge in [-0.2, -0.15) is 0 Å². The fourth-order valence-corrected chi connectivity index (χ4v) is 4.18. The molecule has 0 spiro atoms. The maximum Gasteiger partial charge on any atom is 0.119 e. The van der Waals surface area contributed by atoms with Crippen LogP contribution in [0, 0.1) is 0 Å². The zero-order chi connectivity index (χ0) is 15.3. The Kier molecular flexibility index (Phi) is 4.15. The Morgan fingerprint density at radius 2 is 1.87 bits per heavy atom. The monoisotopic (exact) mass is 375 g/mol. The fourth-order valence-electron chi connectivity index (χ4n) is 4.18. The van der Waals surface area contributed by atoms with Crippen LogP contribution in [0.25, 0.3) is 0 Å². The normalized spacial score (nSPS) is 24.7. The highest BCUT2D eigenvalue weighted by molar-refractivity contribution is 5.42. The first-order valence-corrected chi connectivity index (χ1v) is 7.91. The number of likely N-dealkylation sites (N-methyl/N-ethyl adjacent to an activating group) is 1. The maximum atomic E-state index is 9.77. The lowest BCUT2D eigenvalue weighted by molar-refractivity contribution is -0.956. The van der Waals surface area contributed by atoms with Crippen LogP contribution in [0.5, 0.6) is 11.5 Å². The number of hydrogen-bond donors (Lipinski definition) is 1. The van der Waals surface area contributed by atoms with Crippen LogP contribution in [0.15, 0.2) is 36.4 Å². The van der Waals surface area contributed by atoms with Crippen molar-refractivity contribution in [2.45, 2.75) is 25.4 Å². The lowest BCUT2D eigenvalue weighted by Gasteiger charge is -2.48. The van der Waals surface area contributed by atoms with Crippen LogP contribution in [0.4, 0.5) is 0 Å². The average molecular weight is 376 g/mol. The summed E-state index contributed by atoms with van der Waals surface area (Å²) in [5.41, 5.74) is 5.56. The molecule has 4 heteroatoms. The molecule has 0 bridgehead atoms. The fraction of sp³-hybridized carbons (Fsp3) is 0.368. The molecule has 23 heavy (non-hydrogen) atoms. The van der Waals surface area contributed by atoms with Crippen molar-refractivity contribution < 1.29 is 31.3 Å². The SMILES string of the molecule is COc1ccc2c(c1)C1Cc3ccc(O)cc3C[N+]1(C)CC2.[Br-]. The summed E-state index contributed by atoms with van der Waals surface area (Å²) in [6, 6.07) is 12.8. The second-order valence-corrected chi connectivity index (χ2v) is 6.85. The van der Waals surface area contributed by atoms with Crippen molar-refractivity contribution >= 4 is 0 Å². The van der Waals surface area contributed by atoms with Crippen LogP contribution in [0.2, 0.25) is 0 Å². The Hall–Kier alpha value is -1.52. The zero-order valence-electron chi connectivity index (χ0n) is 13.6. The van der Waals surface area contributed by atoms with Gasteiger partial charge in [-0.3, -0.25) is 0 Å². The molecule has 2 heterocycles. The van der Waals surface area contributed by atoms with Crippen molar-refractivity contribution in [3.05, 3.63) is 58.7 Å². The molecule has 0 amide bonds. The number of ether oxygens (including phenoxy) is 1. The largest absolute Gasteiger partial charge is 1.00 e. The van der Waals surface area contributed by atoms with E-state index in [1.165, 1.54) is 22.3 Å². The van der Waals surface area contributed by atoms with E-state index in [1.807, 2.05) is 12.1 Å². The minimum atomic E-state index is 0. The van der Waals surface area contributed by atoms with E-state index in [4.69, 9.17) is 4.74 Å². The molecule has 1 N–H and O–H groups in total. The van der Waals surface area contributed by atoms with E-state index in [0.29, 0.717) is 11.8 Å². The first-order chi connectivity index (χ1) is 10.6. The Bertz CT molecular complexity index is 746. The van der Waals surface area contributed by atoms with Gasteiger partial charge in [-0.1, -0.05) is 12.1 Å². The Labute approximate surface area is 147 Å². The van der Waals surface area contributed by atoms with Gasteiger partial charge in [-0.25, -0.2) is 0 Å². The molecule has 0 aliphatic carbocycles. The first-order valence-electron chi connectivity index (χ1n) is 7.91. The molecule has 2 aliphatic rings. The van der Waals surface area contributed by atoms with Gasteiger partial charge >= 0.3 is 0 Å². The van der Waals surface area contributed by atoms with Crippen LogP contribution in [-0.4, -0.2) is 30.3 Å². The third kappa shape index (κ3) is 2.64. The van der Waals surface area contributed by atoms with E-state index in [-0.39, 0.29) is 17.0 Å². The van der Waals surface area contributed by atoms with Crippen LogP contribution in [0.1, 0.15) is 28.3 Å². The van der Waals surface area contributed by atoms with Gasteiger partial charge < -0.3 is 31.3 Å². The summed E-state index contributed by atoms with van der Waals surface area (Å²) in [5.74, 6) is 1.33. The van der Waals surface area contributed by atoms with Crippen molar-refractivity contribution in [1.29, 1.82) is 0 Å². The number of phenolic OH excluding ortho intramolecular Hbond substituents is 1. The van der Waals surface area contributed by atoms with Gasteiger partial charge in [0.05, 0.1) is 20.7 Å².